The van der Waals surface area contributed by atoms with Crippen molar-refractivity contribution in [3.05, 3.63) is 83.2 Å². The van der Waals surface area contributed by atoms with Crippen LogP contribution in [0.1, 0.15) is 22.3 Å². The van der Waals surface area contributed by atoms with Crippen molar-refractivity contribution in [1.29, 1.82) is 0 Å². The molecular formula is C31H33N7O4. The van der Waals surface area contributed by atoms with Crippen LogP contribution in [0.3, 0.4) is 0 Å². The Morgan fingerprint density at radius 3 is 2.33 bits per heavy atom. The lowest BCUT2D eigenvalue weighted by atomic mass is 9.98. The van der Waals surface area contributed by atoms with Crippen molar-refractivity contribution in [2.75, 3.05) is 40.3 Å². The van der Waals surface area contributed by atoms with E-state index in [0.717, 1.165) is 47.8 Å². The minimum Gasteiger partial charge on any atom is -0.493 e. The summed E-state index contributed by atoms with van der Waals surface area (Å²) in [6.45, 7) is 2.85. The Hall–Kier alpha value is -4.90. The van der Waals surface area contributed by atoms with Crippen LogP contribution in [0.4, 0.5) is 5.95 Å². The number of aromatic nitrogens is 5. The van der Waals surface area contributed by atoms with Crippen molar-refractivity contribution in [1.82, 2.24) is 29.5 Å². The highest BCUT2D eigenvalue weighted by Crippen LogP contribution is 2.34. The summed E-state index contributed by atoms with van der Waals surface area (Å²) in [5.74, 6) is 3.98. The van der Waals surface area contributed by atoms with E-state index in [9.17, 15) is 0 Å². The maximum absolute atomic E-state index is 5.55. The highest BCUT2D eigenvalue weighted by atomic mass is 16.5. The Kier molecular flexibility index (Phi) is 7.74. The van der Waals surface area contributed by atoms with Gasteiger partial charge in [0.05, 0.1) is 28.4 Å². The zero-order valence-corrected chi connectivity index (χ0v) is 24.1. The van der Waals surface area contributed by atoms with Crippen molar-refractivity contribution >= 4 is 11.6 Å². The first-order valence-corrected chi connectivity index (χ1v) is 13.7. The molecule has 1 N–H and O–H groups in total. The van der Waals surface area contributed by atoms with E-state index >= 15 is 0 Å². The number of pyridine rings is 1. The van der Waals surface area contributed by atoms with Crippen LogP contribution in [0.5, 0.6) is 23.0 Å². The van der Waals surface area contributed by atoms with Gasteiger partial charge in [0.25, 0.3) is 0 Å². The summed E-state index contributed by atoms with van der Waals surface area (Å²) in [4.78, 5) is 16.5. The summed E-state index contributed by atoms with van der Waals surface area (Å²) in [6, 6.07) is 15.7. The monoisotopic (exact) mass is 567 g/mol. The Morgan fingerprint density at radius 1 is 0.833 bits per heavy atom. The lowest BCUT2D eigenvalue weighted by Crippen LogP contribution is -2.30. The number of methoxy groups -OCH3 is 4. The summed E-state index contributed by atoms with van der Waals surface area (Å²) in [7, 11) is 6.58. The fourth-order valence-electron chi connectivity index (χ4n) is 5.24. The SMILES string of the molecule is COc1ccc(CNc2ncc(CN3CCc4cc(OC)c(OC)cc4C3)c3nc(-c4ccccn4)nn23)cc1OC. The topological polar surface area (TPSA) is 108 Å². The molecule has 0 spiro atoms. The Labute approximate surface area is 244 Å². The van der Waals surface area contributed by atoms with Gasteiger partial charge < -0.3 is 24.3 Å². The van der Waals surface area contributed by atoms with Gasteiger partial charge in [-0.1, -0.05) is 12.1 Å². The average molecular weight is 568 g/mol. The van der Waals surface area contributed by atoms with E-state index in [1.54, 1.807) is 39.2 Å². The van der Waals surface area contributed by atoms with Gasteiger partial charge in [0.2, 0.25) is 11.8 Å². The molecule has 6 rings (SSSR count). The van der Waals surface area contributed by atoms with E-state index in [4.69, 9.17) is 34.0 Å². The fraction of sp³-hybridized carbons (Fsp3) is 0.290. The third-order valence-corrected chi connectivity index (χ3v) is 7.42. The van der Waals surface area contributed by atoms with Crippen LogP contribution in [0, 0.1) is 0 Å². The largest absolute Gasteiger partial charge is 0.493 e. The molecule has 11 heteroatoms. The standard InChI is InChI=1S/C31H33N7O4/c1-39-25-9-8-20(13-26(25)40-2)16-33-31-34-17-23(30-35-29(36-38(30)31)24-7-5-6-11-32-24)19-37-12-10-21-14-27(41-3)28(42-4)15-22(21)18-37/h5-9,11,13-15,17H,10,12,16,18-19H2,1-4H3,(H,33,34). The van der Waals surface area contributed by atoms with E-state index in [-0.39, 0.29) is 0 Å². The lowest BCUT2D eigenvalue weighted by Gasteiger charge is -2.29. The molecule has 2 aromatic carbocycles. The third-order valence-electron chi connectivity index (χ3n) is 7.42. The number of hydrogen-bond acceptors (Lipinski definition) is 10. The van der Waals surface area contributed by atoms with Gasteiger partial charge in [-0.25, -0.2) is 9.97 Å². The average Bonchev–Trinajstić information content (AvgIpc) is 3.50. The molecular weight excluding hydrogens is 534 g/mol. The molecule has 1 aliphatic rings. The first kappa shape index (κ1) is 27.3. The van der Waals surface area contributed by atoms with Gasteiger partial charge in [-0.15, -0.1) is 5.10 Å². The molecule has 0 saturated carbocycles. The molecule has 11 nitrogen and oxygen atoms in total. The summed E-state index contributed by atoms with van der Waals surface area (Å²) in [5.41, 5.74) is 5.93. The van der Waals surface area contributed by atoms with E-state index in [1.807, 2.05) is 42.6 Å². The van der Waals surface area contributed by atoms with Crippen LogP contribution in [0.25, 0.3) is 17.2 Å². The van der Waals surface area contributed by atoms with E-state index in [1.165, 1.54) is 11.1 Å². The van der Waals surface area contributed by atoms with Crippen LogP contribution < -0.4 is 24.3 Å². The molecule has 0 unspecified atom stereocenters. The van der Waals surface area contributed by atoms with Crippen LogP contribution in [0.2, 0.25) is 0 Å². The Balaban J connectivity index is 1.30. The predicted octanol–water partition coefficient (Wildman–Crippen LogP) is 4.39. The molecule has 42 heavy (non-hydrogen) atoms. The van der Waals surface area contributed by atoms with Crippen molar-refractivity contribution < 1.29 is 18.9 Å². The number of nitrogens with one attached hydrogen (secondary N) is 1. The molecule has 0 amide bonds. The molecule has 0 bridgehead atoms. The maximum Gasteiger partial charge on any atom is 0.226 e. The summed E-state index contributed by atoms with van der Waals surface area (Å²) < 4.78 is 23.7. The Morgan fingerprint density at radius 2 is 1.60 bits per heavy atom. The highest BCUT2D eigenvalue weighted by molar-refractivity contribution is 5.59. The third kappa shape index (κ3) is 5.38. The quantitative estimate of drug-likeness (QED) is 0.261. The van der Waals surface area contributed by atoms with Crippen molar-refractivity contribution in [3.8, 4) is 34.5 Å². The number of fused-ring (bicyclic) bond motifs is 2. The lowest BCUT2D eigenvalue weighted by molar-refractivity contribution is 0.244. The van der Waals surface area contributed by atoms with Crippen molar-refractivity contribution in [3.63, 3.8) is 0 Å². The smallest absolute Gasteiger partial charge is 0.226 e. The number of rotatable bonds is 10. The second-order valence-corrected chi connectivity index (χ2v) is 9.97. The number of benzene rings is 2. The highest BCUT2D eigenvalue weighted by Gasteiger charge is 2.22. The number of anilines is 1. The molecule has 1 aliphatic heterocycles. The molecule has 0 saturated heterocycles. The minimum atomic E-state index is 0.509. The van der Waals surface area contributed by atoms with Crippen molar-refractivity contribution in [2.24, 2.45) is 0 Å². The molecule has 3 aromatic heterocycles. The first-order chi connectivity index (χ1) is 20.6. The van der Waals surface area contributed by atoms with Crippen LogP contribution in [-0.2, 0) is 26.1 Å². The summed E-state index contributed by atoms with van der Waals surface area (Å²) >= 11 is 0. The van der Waals surface area contributed by atoms with Gasteiger partial charge in [-0.2, -0.15) is 4.52 Å². The van der Waals surface area contributed by atoms with Gasteiger partial charge in [0.15, 0.2) is 28.6 Å². The van der Waals surface area contributed by atoms with E-state index in [2.05, 4.69) is 27.3 Å². The molecule has 4 heterocycles. The normalized spacial score (nSPS) is 13.0. The van der Waals surface area contributed by atoms with Gasteiger partial charge in [-0.05, 0) is 59.5 Å². The Bertz CT molecular complexity index is 1710. The second-order valence-electron chi connectivity index (χ2n) is 9.97. The van der Waals surface area contributed by atoms with Gasteiger partial charge in [-0.3, -0.25) is 9.88 Å². The van der Waals surface area contributed by atoms with Crippen molar-refractivity contribution in [2.45, 2.75) is 26.1 Å². The molecule has 5 aromatic rings. The molecule has 216 valence electrons. The summed E-state index contributed by atoms with van der Waals surface area (Å²) in [5, 5.41) is 8.23. The zero-order valence-electron chi connectivity index (χ0n) is 24.1. The van der Waals surface area contributed by atoms with Crippen LogP contribution >= 0.6 is 0 Å². The van der Waals surface area contributed by atoms with Crippen LogP contribution in [-0.4, -0.2) is 64.4 Å². The zero-order chi connectivity index (χ0) is 29.1. The molecule has 0 aliphatic carbocycles. The van der Waals surface area contributed by atoms with Gasteiger partial charge in [0.1, 0.15) is 5.69 Å². The maximum atomic E-state index is 5.55. The number of hydrogen-bond donors (Lipinski definition) is 1. The molecule has 0 atom stereocenters. The minimum absolute atomic E-state index is 0.509. The number of nitrogens with zero attached hydrogens (tertiary/aromatic N) is 6. The summed E-state index contributed by atoms with van der Waals surface area (Å²) in [6.07, 6.45) is 4.54. The fourth-order valence-corrected chi connectivity index (χ4v) is 5.24. The predicted molar refractivity (Wildman–Crippen MR) is 158 cm³/mol. The second kappa shape index (κ2) is 11.9. The van der Waals surface area contributed by atoms with Gasteiger partial charge >= 0.3 is 0 Å². The van der Waals surface area contributed by atoms with E-state index < -0.39 is 0 Å². The van der Waals surface area contributed by atoms with Gasteiger partial charge in [0, 0.05) is 44.1 Å². The molecule has 0 fully saturated rings. The number of ether oxygens (including phenoxy) is 4. The first-order valence-electron chi connectivity index (χ1n) is 13.7. The van der Waals surface area contributed by atoms with Crippen LogP contribution in [0.15, 0.2) is 60.9 Å². The van der Waals surface area contributed by atoms with E-state index in [0.29, 0.717) is 42.1 Å². The molecule has 0 radical (unpaired) electrons.